The van der Waals surface area contributed by atoms with Gasteiger partial charge in [-0.2, -0.15) is 0 Å². The first kappa shape index (κ1) is 15.6. The maximum absolute atomic E-state index is 13.2. The number of benzene rings is 2. The summed E-state index contributed by atoms with van der Waals surface area (Å²) in [6, 6.07) is 7.13. The second-order valence-corrected chi connectivity index (χ2v) is 5.08. The summed E-state index contributed by atoms with van der Waals surface area (Å²) in [5.41, 5.74) is 1.81. The van der Waals surface area contributed by atoms with Crippen LogP contribution in [0.5, 0.6) is 17.2 Å². The topological polar surface area (TPSA) is 36.9 Å². The van der Waals surface area contributed by atoms with Gasteiger partial charge < -0.3 is 18.9 Å². The highest BCUT2D eigenvalue weighted by molar-refractivity contribution is 5.50. The fourth-order valence-electron chi connectivity index (χ4n) is 2.38. The third kappa shape index (κ3) is 3.53. The van der Waals surface area contributed by atoms with Gasteiger partial charge >= 0.3 is 0 Å². The number of hydrogen-bond donors (Lipinski definition) is 0. The van der Waals surface area contributed by atoms with E-state index in [0.717, 1.165) is 35.4 Å². The van der Waals surface area contributed by atoms with E-state index in [0.29, 0.717) is 12.4 Å². The van der Waals surface area contributed by atoms with Gasteiger partial charge in [0.15, 0.2) is 18.4 Å². The molecule has 1 aliphatic heterocycles. The third-order valence-electron chi connectivity index (χ3n) is 3.47. The van der Waals surface area contributed by atoms with Gasteiger partial charge in [0.25, 0.3) is 0 Å². The Balaban J connectivity index is 1.75. The molecule has 3 rings (SSSR count). The number of hydrogen-bond acceptors (Lipinski definition) is 4. The molecule has 1 heterocycles. The van der Waals surface area contributed by atoms with Gasteiger partial charge in [-0.3, -0.25) is 0 Å². The molecule has 0 aliphatic carbocycles. The fraction of sp³-hybridized carbons (Fsp3) is 0.294. The highest BCUT2D eigenvalue weighted by Gasteiger charge is 2.19. The summed E-state index contributed by atoms with van der Waals surface area (Å²) in [4.78, 5) is 0. The summed E-state index contributed by atoms with van der Waals surface area (Å²) in [6.45, 7) is 0.928. The van der Waals surface area contributed by atoms with Gasteiger partial charge in [0, 0.05) is 25.2 Å². The molecule has 0 saturated heterocycles. The molecule has 0 bridgehead atoms. The predicted octanol–water partition coefficient (Wildman–Crippen LogP) is 3.46. The number of rotatable bonds is 6. The van der Waals surface area contributed by atoms with Crippen molar-refractivity contribution in [1.82, 2.24) is 0 Å². The molecule has 0 radical (unpaired) electrons. The van der Waals surface area contributed by atoms with Crippen molar-refractivity contribution in [2.75, 3.05) is 20.5 Å². The lowest BCUT2D eigenvalue weighted by Crippen LogP contribution is -2.03. The lowest BCUT2D eigenvalue weighted by Gasteiger charge is -2.12. The van der Waals surface area contributed by atoms with Crippen molar-refractivity contribution in [1.29, 1.82) is 0 Å². The standard InChI is InChI=1S/C17H16F2O4/c1-20-10-23-17-7-11(6-16-13(17)4-5-21-16)9-22-12-2-3-14(18)15(19)8-12/h2-3,6-8H,4-5,9-10H2,1H3. The zero-order valence-corrected chi connectivity index (χ0v) is 12.6. The largest absolute Gasteiger partial charge is 0.493 e. The van der Waals surface area contributed by atoms with Gasteiger partial charge in [-0.05, 0) is 29.8 Å². The van der Waals surface area contributed by atoms with Crippen LogP contribution in [0.3, 0.4) is 0 Å². The number of ether oxygens (including phenoxy) is 4. The Kier molecular flexibility index (Phi) is 4.62. The van der Waals surface area contributed by atoms with Crippen LogP contribution in [0.15, 0.2) is 30.3 Å². The quantitative estimate of drug-likeness (QED) is 0.763. The van der Waals surface area contributed by atoms with Crippen molar-refractivity contribution >= 4 is 0 Å². The average molecular weight is 322 g/mol. The van der Waals surface area contributed by atoms with Crippen LogP contribution in [0.1, 0.15) is 11.1 Å². The summed E-state index contributed by atoms with van der Waals surface area (Å²) in [6.07, 6.45) is 0.776. The Morgan fingerprint density at radius 1 is 1.09 bits per heavy atom. The van der Waals surface area contributed by atoms with Gasteiger partial charge in [0.2, 0.25) is 0 Å². The molecular weight excluding hydrogens is 306 g/mol. The molecule has 6 heteroatoms. The lowest BCUT2D eigenvalue weighted by molar-refractivity contribution is 0.0504. The molecular formula is C17H16F2O4. The minimum atomic E-state index is -0.941. The molecule has 23 heavy (non-hydrogen) atoms. The summed E-state index contributed by atoms with van der Waals surface area (Å²) in [5.74, 6) is -0.152. The van der Waals surface area contributed by atoms with Crippen LogP contribution >= 0.6 is 0 Å². The molecule has 4 nitrogen and oxygen atoms in total. The number of fused-ring (bicyclic) bond motifs is 1. The smallest absolute Gasteiger partial charge is 0.188 e. The second kappa shape index (κ2) is 6.83. The third-order valence-corrected chi connectivity index (χ3v) is 3.47. The van der Waals surface area contributed by atoms with E-state index in [2.05, 4.69) is 0 Å². The number of halogens is 2. The molecule has 0 aromatic heterocycles. The van der Waals surface area contributed by atoms with Gasteiger partial charge in [-0.1, -0.05) is 0 Å². The van der Waals surface area contributed by atoms with Crippen LogP contribution in [-0.4, -0.2) is 20.5 Å². The van der Waals surface area contributed by atoms with Crippen molar-refractivity contribution in [3.63, 3.8) is 0 Å². The Labute approximate surface area is 132 Å². The van der Waals surface area contributed by atoms with Gasteiger partial charge in [0.05, 0.1) is 6.61 Å². The molecule has 122 valence electrons. The number of methoxy groups -OCH3 is 1. The second-order valence-electron chi connectivity index (χ2n) is 5.08. The van der Waals surface area contributed by atoms with Gasteiger partial charge in [0.1, 0.15) is 23.9 Å². The monoisotopic (exact) mass is 322 g/mol. The van der Waals surface area contributed by atoms with Crippen molar-refractivity contribution in [3.05, 3.63) is 53.1 Å². The highest BCUT2D eigenvalue weighted by Crippen LogP contribution is 2.35. The zero-order chi connectivity index (χ0) is 16.2. The van der Waals surface area contributed by atoms with Crippen LogP contribution in [-0.2, 0) is 17.8 Å². The van der Waals surface area contributed by atoms with E-state index in [1.807, 2.05) is 12.1 Å². The highest BCUT2D eigenvalue weighted by atomic mass is 19.2. The first-order valence-corrected chi connectivity index (χ1v) is 7.15. The molecule has 1 aliphatic rings. The molecule has 0 saturated carbocycles. The first-order chi connectivity index (χ1) is 11.2. The zero-order valence-electron chi connectivity index (χ0n) is 12.6. The van der Waals surface area contributed by atoms with E-state index in [4.69, 9.17) is 18.9 Å². The Morgan fingerprint density at radius 2 is 1.96 bits per heavy atom. The minimum absolute atomic E-state index is 0.139. The molecule has 0 amide bonds. The minimum Gasteiger partial charge on any atom is -0.493 e. The van der Waals surface area contributed by atoms with Crippen LogP contribution in [0, 0.1) is 11.6 Å². The summed E-state index contributed by atoms with van der Waals surface area (Å²) in [7, 11) is 1.55. The molecule has 2 aromatic rings. The van der Waals surface area contributed by atoms with Crippen molar-refractivity contribution in [2.24, 2.45) is 0 Å². The average Bonchev–Trinajstić information content (AvgIpc) is 3.02. The van der Waals surface area contributed by atoms with E-state index < -0.39 is 11.6 Å². The van der Waals surface area contributed by atoms with Crippen LogP contribution in [0.25, 0.3) is 0 Å². The molecule has 0 spiro atoms. The van der Waals surface area contributed by atoms with E-state index in [1.54, 1.807) is 7.11 Å². The Hall–Kier alpha value is -2.34. The van der Waals surface area contributed by atoms with E-state index in [9.17, 15) is 8.78 Å². The van der Waals surface area contributed by atoms with Gasteiger partial charge in [-0.25, -0.2) is 8.78 Å². The normalized spacial score (nSPS) is 12.7. The lowest BCUT2D eigenvalue weighted by atomic mass is 10.1. The maximum atomic E-state index is 13.2. The molecule has 2 aromatic carbocycles. The molecule has 0 atom stereocenters. The molecule has 0 unspecified atom stereocenters. The van der Waals surface area contributed by atoms with Crippen LogP contribution < -0.4 is 14.2 Å². The summed E-state index contributed by atoms with van der Waals surface area (Å²) >= 11 is 0. The maximum Gasteiger partial charge on any atom is 0.188 e. The van der Waals surface area contributed by atoms with Crippen molar-refractivity contribution in [3.8, 4) is 17.2 Å². The fourth-order valence-corrected chi connectivity index (χ4v) is 2.38. The van der Waals surface area contributed by atoms with E-state index in [1.165, 1.54) is 6.07 Å². The molecule has 0 fully saturated rings. The van der Waals surface area contributed by atoms with Crippen LogP contribution in [0.2, 0.25) is 0 Å². The first-order valence-electron chi connectivity index (χ1n) is 7.15. The summed E-state index contributed by atoms with van der Waals surface area (Å²) in [5, 5.41) is 0. The Bertz CT molecular complexity index is 703. The van der Waals surface area contributed by atoms with E-state index in [-0.39, 0.29) is 19.1 Å². The SMILES string of the molecule is COCOc1cc(COc2ccc(F)c(F)c2)cc2c1CCO2. The van der Waals surface area contributed by atoms with E-state index >= 15 is 0 Å². The predicted molar refractivity (Wildman–Crippen MR) is 78.8 cm³/mol. The Morgan fingerprint density at radius 3 is 2.74 bits per heavy atom. The molecule has 0 N–H and O–H groups in total. The van der Waals surface area contributed by atoms with Gasteiger partial charge in [-0.15, -0.1) is 0 Å². The summed E-state index contributed by atoms with van der Waals surface area (Å²) < 4.78 is 47.6. The van der Waals surface area contributed by atoms with Crippen molar-refractivity contribution < 1.29 is 27.7 Å². The van der Waals surface area contributed by atoms with Crippen molar-refractivity contribution in [2.45, 2.75) is 13.0 Å². The van der Waals surface area contributed by atoms with Crippen LogP contribution in [0.4, 0.5) is 8.78 Å².